The van der Waals surface area contributed by atoms with Gasteiger partial charge in [-0.1, -0.05) is 0 Å². The van der Waals surface area contributed by atoms with Gasteiger partial charge < -0.3 is 20.9 Å². The summed E-state index contributed by atoms with van der Waals surface area (Å²) in [4.78, 5) is 28.5. The third-order valence-corrected chi connectivity index (χ3v) is 5.34. The molecule has 162 valence electrons. The third-order valence-electron chi connectivity index (χ3n) is 5.34. The largest absolute Gasteiger partial charge is 0.416 e. The number of hydrogen-bond donors (Lipinski definition) is 2. The lowest BCUT2D eigenvalue weighted by Gasteiger charge is -2.34. The molecular formula is C19H26ClF3N4O2. The van der Waals surface area contributed by atoms with E-state index in [4.69, 9.17) is 5.73 Å². The molecular weight excluding hydrogens is 409 g/mol. The second-order valence-corrected chi connectivity index (χ2v) is 7.35. The molecule has 0 bridgehead atoms. The van der Waals surface area contributed by atoms with E-state index >= 15 is 0 Å². The maximum absolute atomic E-state index is 13.0. The summed E-state index contributed by atoms with van der Waals surface area (Å²) in [5.74, 6) is -0.658. The summed E-state index contributed by atoms with van der Waals surface area (Å²) in [6, 6.07) is 3.38. The van der Waals surface area contributed by atoms with E-state index in [0.717, 1.165) is 38.1 Å². The molecule has 1 aromatic carbocycles. The van der Waals surface area contributed by atoms with Crippen molar-refractivity contribution in [3.05, 3.63) is 29.3 Å². The number of alkyl halides is 3. The summed E-state index contributed by atoms with van der Waals surface area (Å²) in [6.07, 6.45) is -1.48. The van der Waals surface area contributed by atoms with Crippen LogP contribution < -0.4 is 11.1 Å². The van der Waals surface area contributed by atoms with Gasteiger partial charge in [0.15, 0.2) is 0 Å². The predicted molar refractivity (Wildman–Crippen MR) is 106 cm³/mol. The number of carbonyl (C=O) groups is 2. The van der Waals surface area contributed by atoms with Crippen molar-refractivity contribution < 1.29 is 22.8 Å². The number of piperidine rings is 1. The van der Waals surface area contributed by atoms with Gasteiger partial charge in [0.25, 0.3) is 0 Å². The number of benzene rings is 1. The Kier molecular flexibility index (Phi) is 7.76. The van der Waals surface area contributed by atoms with E-state index in [1.54, 1.807) is 4.90 Å². The zero-order valence-electron chi connectivity index (χ0n) is 16.0. The highest BCUT2D eigenvalue weighted by Crippen LogP contribution is 2.32. The number of amides is 3. The normalized spacial score (nSPS) is 17.8. The van der Waals surface area contributed by atoms with Crippen molar-refractivity contribution in [2.24, 2.45) is 11.7 Å². The molecule has 0 aromatic heterocycles. The Morgan fingerprint density at radius 2 is 1.62 bits per heavy atom. The summed E-state index contributed by atoms with van der Waals surface area (Å²) in [5.41, 5.74) is 5.04. The molecule has 2 saturated heterocycles. The predicted octanol–water partition coefficient (Wildman–Crippen LogP) is 3.45. The SMILES string of the molecule is Cl.NCc1cc(NC(=O)C2CCN(C(=O)N3CCCC3)CC2)cc(C(F)(F)F)c1. The van der Waals surface area contributed by atoms with Gasteiger partial charge in [-0.05, 0) is 49.4 Å². The third kappa shape index (κ3) is 5.76. The highest BCUT2D eigenvalue weighted by Gasteiger charge is 2.33. The van der Waals surface area contributed by atoms with Crippen LogP contribution in [0.15, 0.2) is 18.2 Å². The van der Waals surface area contributed by atoms with Crippen LogP contribution in [0.2, 0.25) is 0 Å². The average Bonchev–Trinajstić information content (AvgIpc) is 3.21. The first-order valence-electron chi connectivity index (χ1n) is 9.54. The van der Waals surface area contributed by atoms with Gasteiger partial charge in [-0.3, -0.25) is 4.79 Å². The van der Waals surface area contributed by atoms with Crippen molar-refractivity contribution in [1.82, 2.24) is 9.80 Å². The second-order valence-electron chi connectivity index (χ2n) is 7.35. The first-order valence-corrected chi connectivity index (χ1v) is 9.54. The van der Waals surface area contributed by atoms with Crippen LogP contribution in [0.25, 0.3) is 0 Å². The second kappa shape index (κ2) is 9.67. The molecule has 3 rings (SSSR count). The van der Waals surface area contributed by atoms with E-state index in [9.17, 15) is 22.8 Å². The minimum atomic E-state index is -4.51. The van der Waals surface area contributed by atoms with E-state index in [2.05, 4.69) is 5.32 Å². The molecule has 10 heteroatoms. The van der Waals surface area contributed by atoms with Gasteiger partial charge in [0, 0.05) is 44.3 Å². The van der Waals surface area contributed by atoms with Crippen molar-refractivity contribution in [3.8, 4) is 0 Å². The number of nitrogens with zero attached hydrogens (tertiary/aromatic N) is 2. The lowest BCUT2D eigenvalue weighted by Crippen LogP contribution is -2.47. The Balaban J connectivity index is 0.00000300. The Labute approximate surface area is 174 Å². The van der Waals surface area contributed by atoms with Gasteiger partial charge in [-0.25, -0.2) is 4.79 Å². The Morgan fingerprint density at radius 1 is 1.03 bits per heavy atom. The molecule has 2 aliphatic rings. The Morgan fingerprint density at radius 3 is 2.17 bits per heavy atom. The molecule has 0 spiro atoms. The Bertz CT molecular complexity index is 731. The molecule has 0 aliphatic carbocycles. The topological polar surface area (TPSA) is 78.7 Å². The van der Waals surface area contributed by atoms with Gasteiger partial charge in [-0.15, -0.1) is 12.4 Å². The van der Waals surface area contributed by atoms with E-state index in [1.807, 2.05) is 4.90 Å². The summed E-state index contributed by atoms with van der Waals surface area (Å²) < 4.78 is 39.1. The molecule has 0 saturated carbocycles. The van der Waals surface area contributed by atoms with Crippen molar-refractivity contribution in [3.63, 3.8) is 0 Å². The number of halogens is 4. The minimum Gasteiger partial charge on any atom is -0.326 e. The van der Waals surface area contributed by atoms with Crippen LogP contribution in [0.5, 0.6) is 0 Å². The lowest BCUT2D eigenvalue weighted by molar-refractivity contribution is -0.137. The van der Waals surface area contributed by atoms with E-state index in [0.29, 0.717) is 31.5 Å². The van der Waals surface area contributed by atoms with Gasteiger partial charge >= 0.3 is 12.2 Å². The van der Waals surface area contributed by atoms with Crippen molar-refractivity contribution in [1.29, 1.82) is 0 Å². The van der Waals surface area contributed by atoms with Gasteiger partial charge in [-0.2, -0.15) is 13.2 Å². The van der Waals surface area contributed by atoms with Crippen LogP contribution >= 0.6 is 12.4 Å². The zero-order valence-corrected chi connectivity index (χ0v) is 16.8. The van der Waals surface area contributed by atoms with Crippen molar-refractivity contribution in [2.45, 2.75) is 38.4 Å². The number of nitrogens with one attached hydrogen (secondary N) is 1. The monoisotopic (exact) mass is 434 g/mol. The summed E-state index contributed by atoms with van der Waals surface area (Å²) >= 11 is 0. The van der Waals surface area contributed by atoms with Crippen LogP contribution in [-0.2, 0) is 17.5 Å². The lowest BCUT2D eigenvalue weighted by atomic mass is 9.96. The molecule has 0 radical (unpaired) electrons. The number of likely N-dealkylation sites (tertiary alicyclic amines) is 2. The molecule has 29 heavy (non-hydrogen) atoms. The first kappa shape index (κ1) is 23.3. The number of carbonyl (C=O) groups excluding carboxylic acids is 2. The minimum absolute atomic E-state index is 0. The molecule has 6 nitrogen and oxygen atoms in total. The van der Waals surface area contributed by atoms with E-state index in [1.165, 1.54) is 6.07 Å². The van der Waals surface area contributed by atoms with Crippen LogP contribution in [0.4, 0.5) is 23.7 Å². The van der Waals surface area contributed by atoms with E-state index < -0.39 is 11.7 Å². The number of hydrogen-bond acceptors (Lipinski definition) is 3. The van der Waals surface area contributed by atoms with Crippen LogP contribution in [0.3, 0.4) is 0 Å². The number of rotatable bonds is 3. The summed E-state index contributed by atoms with van der Waals surface area (Å²) in [7, 11) is 0. The fraction of sp³-hybridized carbons (Fsp3) is 0.579. The molecule has 0 atom stereocenters. The van der Waals surface area contributed by atoms with Crippen molar-refractivity contribution in [2.75, 3.05) is 31.5 Å². The van der Waals surface area contributed by atoms with Crippen LogP contribution in [-0.4, -0.2) is 47.9 Å². The fourth-order valence-corrected chi connectivity index (χ4v) is 3.73. The smallest absolute Gasteiger partial charge is 0.326 e. The number of nitrogens with two attached hydrogens (primary N) is 1. The number of urea groups is 1. The maximum Gasteiger partial charge on any atom is 0.416 e. The first-order chi connectivity index (χ1) is 13.3. The Hall–Kier alpha value is -2.00. The van der Waals surface area contributed by atoms with E-state index in [-0.39, 0.29) is 42.5 Å². The standard InChI is InChI=1S/C19H25F3N4O2.ClH/c20-19(21,22)15-9-13(12-23)10-16(11-15)24-17(27)14-3-7-26(8-4-14)18(28)25-5-1-2-6-25;/h9-11,14H,1-8,12,23H2,(H,24,27);1H. The van der Waals surface area contributed by atoms with Crippen molar-refractivity contribution >= 4 is 30.0 Å². The molecule has 1 aromatic rings. The summed E-state index contributed by atoms with van der Waals surface area (Å²) in [5, 5.41) is 2.59. The molecule has 3 N–H and O–H groups in total. The zero-order chi connectivity index (χ0) is 20.3. The highest BCUT2D eigenvalue weighted by molar-refractivity contribution is 5.93. The summed E-state index contributed by atoms with van der Waals surface area (Å²) in [6.45, 7) is 2.45. The van der Waals surface area contributed by atoms with Gasteiger partial charge in [0.1, 0.15) is 0 Å². The van der Waals surface area contributed by atoms with Crippen LogP contribution in [0.1, 0.15) is 36.8 Å². The molecule has 2 fully saturated rings. The maximum atomic E-state index is 13.0. The van der Waals surface area contributed by atoms with Crippen LogP contribution in [0, 0.1) is 5.92 Å². The molecule has 2 heterocycles. The molecule has 0 unspecified atom stereocenters. The van der Waals surface area contributed by atoms with Gasteiger partial charge in [0.05, 0.1) is 5.56 Å². The quantitative estimate of drug-likeness (QED) is 0.764. The highest BCUT2D eigenvalue weighted by atomic mass is 35.5. The average molecular weight is 435 g/mol. The molecule has 3 amide bonds. The molecule has 2 aliphatic heterocycles. The number of anilines is 1. The fourth-order valence-electron chi connectivity index (χ4n) is 3.73. The van der Waals surface area contributed by atoms with Gasteiger partial charge in [0.2, 0.25) is 5.91 Å².